The fourth-order valence-corrected chi connectivity index (χ4v) is 13.7. The highest BCUT2D eigenvalue weighted by Gasteiger charge is 2.51. The molecule has 1 unspecified atom stereocenters. The van der Waals surface area contributed by atoms with E-state index in [-0.39, 0.29) is 24.2 Å². The van der Waals surface area contributed by atoms with E-state index in [0.29, 0.717) is 11.1 Å². The minimum Gasteiger partial charge on any atom is -0.310 e. The summed E-state index contributed by atoms with van der Waals surface area (Å²) in [4.78, 5) is 2.41. The number of hydrogen-bond donors (Lipinski definition) is 0. The van der Waals surface area contributed by atoms with Crippen LogP contribution < -0.4 is 4.90 Å². The smallest absolute Gasteiger partial charge is 0.0726 e. The average molecular weight is 943 g/mol. The summed E-state index contributed by atoms with van der Waals surface area (Å²) < 4.78 is 40.3. The SMILES string of the molecule is [2H]c1c([2H])c([2H])c2c(c1[2H])-c1ccccc1C21c2cc(N(c3ccc4c(c3)C(c3ccccc3)(c3ccccc3)c3ccccc3-4)c3ccc4c5ccccc5n(-c5ccccc5)c4c3)ccc2-c2cccc3cccc1c23. The number of anilines is 3. The van der Waals surface area contributed by atoms with E-state index in [9.17, 15) is 4.11 Å². The van der Waals surface area contributed by atoms with Gasteiger partial charge in [0.1, 0.15) is 0 Å². The van der Waals surface area contributed by atoms with Crippen LogP contribution in [0.25, 0.3) is 71.6 Å². The molecule has 2 nitrogen and oxygen atoms in total. The molecule has 0 N–H and O–H groups in total. The van der Waals surface area contributed by atoms with Gasteiger partial charge in [0, 0.05) is 33.5 Å². The van der Waals surface area contributed by atoms with Gasteiger partial charge in [0.2, 0.25) is 0 Å². The minimum atomic E-state index is -1.12. The van der Waals surface area contributed by atoms with E-state index in [0.717, 1.165) is 83.3 Å². The lowest BCUT2D eigenvalue weighted by molar-refractivity contribution is 0.768. The Labute approximate surface area is 436 Å². The van der Waals surface area contributed by atoms with Gasteiger partial charge < -0.3 is 9.47 Å². The predicted octanol–water partition coefficient (Wildman–Crippen LogP) is 18.1. The Bertz CT molecular complexity index is 4640. The topological polar surface area (TPSA) is 8.17 Å². The molecule has 344 valence electrons. The largest absolute Gasteiger partial charge is 0.310 e. The zero-order chi connectivity index (χ0) is 52.0. The van der Waals surface area contributed by atoms with E-state index in [4.69, 9.17) is 1.37 Å². The van der Waals surface area contributed by atoms with Gasteiger partial charge >= 0.3 is 0 Å². The van der Waals surface area contributed by atoms with Gasteiger partial charge in [-0.3, -0.25) is 0 Å². The molecule has 1 spiro atoms. The predicted molar refractivity (Wildman–Crippen MR) is 307 cm³/mol. The highest BCUT2D eigenvalue weighted by Crippen LogP contribution is 2.63. The number of rotatable bonds is 6. The first-order valence-electron chi connectivity index (χ1n) is 27.5. The summed E-state index contributed by atoms with van der Waals surface area (Å²) in [7, 11) is 0. The Morgan fingerprint density at radius 3 is 1.55 bits per heavy atom. The minimum absolute atomic E-state index is 0.0256. The van der Waals surface area contributed by atoms with Gasteiger partial charge in [0.05, 0.1) is 27.3 Å². The quantitative estimate of drug-likeness (QED) is 0.161. The second kappa shape index (κ2) is 15.5. The maximum atomic E-state index is 9.99. The molecule has 0 saturated carbocycles. The molecule has 3 aliphatic carbocycles. The summed E-state index contributed by atoms with van der Waals surface area (Å²) >= 11 is 0. The molecule has 0 fully saturated rings. The van der Waals surface area contributed by atoms with Crippen LogP contribution in [0.15, 0.2) is 279 Å². The summed E-state index contributed by atoms with van der Waals surface area (Å²) in [5.41, 5.74) is 18.5. The van der Waals surface area contributed by atoms with E-state index in [1.165, 1.54) is 38.8 Å². The van der Waals surface area contributed by atoms with Gasteiger partial charge in [0.25, 0.3) is 0 Å². The second-order valence-corrected chi connectivity index (χ2v) is 20.0. The van der Waals surface area contributed by atoms with Crippen LogP contribution in [0.4, 0.5) is 17.1 Å². The first-order chi connectivity index (χ1) is 38.4. The molecule has 1 atom stereocenters. The van der Waals surface area contributed by atoms with E-state index < -0.39 is 10.8 Å². The molecule has 0 aliphatic heterocycles. The summed E-state index contributed by atoms with van der Waals surface area (Å²) in [5.74, 6) is 0. The first kappa shape index (κ1) is 37.3. The molecule has 0 amide bonds. The molecule has 0 radical (unpaired) electrons. The molecular weight excluding hydrogens is 893 g/mol. The standard InChI is InChI=1S/C72H46N2/c1-4-22-48(23-5-1)71(49-24-6-2-7-25-49)62-33-14-10-30-56(62)57-41-38-51(44-66(57)71)73(53-40-43-60-59-31-13-17-37-68(59)74(69(60)46-53)50-26-8-3-9-27-50)52-39-42-58-61-32-18-20-47-21-19-36-65(70(47)61)72(67(58)45-52)63-34-15-11-28-54(63)55-29-12-16-35-64(55)72/h1-46H/i11D,15D,28D,34D. The van der Waals surface area contributed by atoms with Crippen molar-refractivity contribution < 1.29 is 5.48 Å². The van der Waals surface area contributed by atoms with Crippen molar-refractivity contribution in [3.63, 3.8) is 0 Å². The van der Waals surface area contributed by atoms with Crippen molar-refractivity contribution in [1.29, 1.82) is 0 Å². The molecule has 13 aromatic rings. The Hall–Kier alpha value is -9.50. The van der Waals surface area contributed by atoms with Gasteiger partial charge in [-0.25, -0.2) is 0 Å². The van der Waals surface area contributed by atoms with Gasteiger partial charge in [-0.15, -0.1) is 0 Å². The van der Waals surface area contributed by atoms with Crippen molar-refractivity contribution in [3.8, 4) is 39.1 Å². The molecule has 3 aliphatic rings. The molecule has 0 bridgehead atoms. The average Bonchev–Trinajstić information content (AvgIpc) is 4.27. The third-order valence-electron chi connectivity index (χ3n) is 16.6. The molecule has 12 aromatic carbocycles. The highest BCUT2D eigenvalue weighted by atomic mass is 15.1. The number of nitrogens with zero attached hydrogens (tertiary/aromatic N) is 2. The number of hydrogen-bond acceptors (Lipinski definition) is 1. The molecule has 1 heterocycles. The van der Waals surface area contributed by atoms with Gasteiger partial charge in [-0.2, -0.15) is 0 Å². The lowest BCUT2D eigenvalue weighted by Crippen LogP contribution is -2.32. The summed E-state index contributed by atoms with van der Waals surface area (Å²) in [6, 6.07) is 91.4. The monoisotopic (exact) mass is 942 g/mol. The van der Waals surface area contributed by atoms with E-state index in [2.05, 4.69) is 252 Å². The van der Waals surface area contributed by atoms with E-state index in [1.807, 2.05) is 12.1 Å². The third-order valence-corrected chi connectivity index (χ3v) is 16.6. The van der Waals surface area contributed by atoms with Crippen molar-refractivity contribution in [2.75, 3.05) is 4.90 Å². The second-order valence-electron chi connectivity index (χ2n) is 20.0. The van der Waals surface area contributed by atoms with Crippen LogP contribution in [-0.4, -0.2) is 4.57 Å². The van der Waals surface area contributed by atoms with Crippen LogP contribution in [0.3, 0.4) is 0 Å². The maximum Gasteiger partial charge on any atom is 0.0726 e. The van der Waals surface area contributed by atoms with E-state index in [1.54, 1.807) is 0 Å². The van der Waals surface area contributed by atoms with Crippen molar-refractivity contribution >= 4 is 49.6 Å². The molecule has 2 heteroatoms. The molecule has 16 rings (SSSR count). The van der Waals surface area contributed by atoms with Crippen molar-refractivity contribution in [3.05, 3.63) is 323 Å². The van der Waals surface area contributed by atoms with Crippen LogP contribution >= 0.6 is 0 Å². The lowest BCUT2D eigenvalue weighted by atomic mass is 9.61. The first-order valence-corrected chi connectivity index (χ1v) is 25.5. The fourth-order valence-electron chi connectivity index (χ4n) is 13.7. The third kappa shape index (κ3) is 5.39. The molecular formula is C72H46N2. The van der Waals surface area contributed by atoms with Gasteiger partial charge in [0.15, 0.2) is 0 Å². The number of benzene rings is 12. The van der Waals surface area contributed by atoms with Gasteiger partial charge in [-0.1, -0.05) is 224 Å². The summed E-state index contributed by atoms with van der Waals surface area (Å²) in [5, 5.41) is 4.49. The van der Waals surface area contributed by atoms with E-state index >= 15 is 0 Å². The molecule has 74 heavy (non-hydrogen) atoms. The molecule has 0 saturated heterocycles. The number of aromatic nitrogens is 1. The highest BCUT2D eigenvalue weighted by molar-refractivity contribution is 6.11. The lowest BCUT2D eigenvalue weighted by Gasteiger charge is -2.41. The van der Waals surface area contributed by atoms with Crippen LogP contribution in [0, 0.1) is 0 Å². The van der Waals surface area contributed by atoms with Crippen LogP contribution in [0.5, 0.6) is 0 Å². The van der Waals surface area contributed by atoms with Crippen LogP contribution in [0.2, 0.25) is 0 Å². The normalized spacial score (nSPS) is 15.9. The Kier molecular flexibility index (Phi) is 7.81. The van der Waals surface area contributed by atoms with Gasteiger partial charge in [-0.05, 0) is 143 Å². The molecule has 1 aromatic heterocycles. The Balaban J connectivity index is 1.03. The van der Waals surface area contributed by atoms with Crippen molar-refractivity contribution in [2.45, 2.75) is 10.8 Å². The summed E-state index contributed by atoms with van der Waals surface area (Å²) in [6.45, 7) is 0. The Morgan fingerprint density at radius 2 is 0.824 bits per heavy atom. The summed E-state index contributed by atoms with van der Waals surface area (Å²) in [6.07, 6.45) is 0. The van der Waals surface area contributed by atoms with Crippen LogP contribution in [-0.2, 0) is 10.8 Å². The Morgan fingerprint density at radius 1 is 0.324 bits per heavy atom. The maximum absolute atomic E-state index is 9.99. The van der Waals surface area contributed by atoms with Crippen molar-refractivity contribution in [1.82, 2.24) is 4.57 Å². The number of fused-ring (bicyclic) bond motifs is 15. The zero-order valence-electron chi connectivity index (χ0n) is 44.1. The van der Waals surface area contributed by atoms with Crippen LogP contribution in [0.1, 0.15) is 50.0 Å². The van der Waals surface area contributed by atoms with Crippen molar-refractivity contribution in [2.24, 2.45) is 0 Å². The number of para-hydroxylation sites is 2. The zero-order valence-corrected chi connectivity index (χ0v) is 40.1. The fraction of sp³-hybridized carbons (Fsp3) is 0.0278.